The van der Waals surface area contributed by atoms with Crippen molar-refractivity contribution in [1.29, 1.82) is 0 Å². The molecule has 0 saturated carbocycles. The van der Waals surface area contributed by atoms with Crippen LogP contribution in [0.5, 0.6) is 0 Å². The van der Waals surface area contributed by atoms with Gasteiger partial charge >= 0.3 is 0 Å². The van der Waals surface area contributed by atoms with Crippen molar-refractivity contribution in [3.8, 4) is 0 Å². The Labute approximate surface area is 88.0 Å². The first-order chi connectivity index (χ1) is 6.66. The van der Waals surface area contributed by atoms with Crippen molar-refractivity contribution in [2.45, 2.75) is 52.9 Å². The average molecular weight is 200 g/mol. The van der Waals surface area contributed by atoms with Gasteiger partial charge in [-0.15, -0.1) is 0 Å². The molecular formula is C12H24O2. The highest BCUT2D eigenvalue weighted by molar-refractivity contribution is 5.78. The Balaban J connectivity index is 3.09. The molecule has 0 atom stereocenters. The maximum atomic E-state index is 11.1. The molecule has 0 fully saturated rings. The average Bonchev–Trinajstić information content (AvgIpc) is 2.11. The summed E-state index contributed by atoms with van der Waals surface area (Å²) in [5.41, 5.74) is 0. The predicted octanol–water partition coefficient (Wildman–Crippen LogP) is 3.20. The normalized spacial score (nSPS) is 10.9. The summed E-state index contributed by atoms with van der Waals surface area (Å²) in [5, 5.41) is 0. The number of hydrogen-bond donors (Lipinski definition) is 0. The van der Waals surface area contributed by atoms with Gasteiger partial charge < -0.3 is 4.74 Å². The molecule has 0 bridgehead atoms. The largest absolute Gasteiger partial charge is 0.381 e. The SMILES string of the molecule is CCCC(=O)CCCOCCC(C)C. The van der Waals surface area contributed by atoms with E-state index in [-0.39, 0.29) is 0 Å². The van der Waals surface area contributed by atoms with Gasteiger partial charge in [-0.05, 0) is 25.2 Å². The third kappa shape index (κ3) is 9.72. The molecule has 0 aliphatic heterocycles. The Morgan fingerprint density at radius 2 is 1.93 bits per heavy atom. The number of carbonyl (C=O) groups is 1. The molecule has 2 nitrogen and oxygen atoms in total. The minimum absolute atomic E-state index is 0.375. The summed E-state index contributed by atoms with van der Waals surface area (Å²) in [6.07, 6.45) is 4.38. The van der Waals surface area contributed by atoms with E-state index in [9.17, 15) is 4.79 Å². The van der Waals surface area contributed by atoms with Crippen molar-refractivity contribution < 1.29 is 9.53 Å². The monoisotopic (exact) mass is 200 g/mol. The van der Waals surface area contributed by atoms with Gasteiger partial charge in [-0.2, -0.15) is 0 Å². The molecule has 2 heteroatoms. The molecule has 0 rings (SSSR count). The molecule has 0 aromatic rings. The standard InChI is InChI=1S/C12H24O2/c1-4-6-12(13)7-5-9-14-10-8-11(2)3/h11H,4-10H2,1-3H3. The molecule has 0 amide bonds. The summed E-state index contributed by atoms with van der Waals surface area (Å²) in [4.78, 5) is 11.1. The van der Waals surface area contributed by atoms with E-state index >= 15 is 0 Å². The van der Waals surface area contributed by atoms with E-state index < -0.39 is 0 Å². The van der Waals surface area contributed by atoms with Crippen molar-refractivity contribution in [2.24, 2.45) is 5.92 Å². The van der Waals surface area contributed by atoms with Gasteiger partial charge in [0.25, 0.3) is 0 Å². The van der Waals surface area contributed by atoms with E-state index in [1.165, 1.54) is 0 Å². The van der Waals surface area contributed by atoms with E-state index in [2.05, 4.69) is 13.8 Å². The van der Waals surface area contributed by atoms with Gasteiger partial charge in [0, 0.05) is 26.1 Å². The first-order valence-electron chi connectivity index (χ1n) is 5.76. The number of Topliss-reactive ketones (excluding diaryl/α,β-unsaturated/α-hetero) is 1. The molecule has 0 aliphatic carbocycles. The van der Waals surface area contributed by atoms with Crippen LogP contribution in [0.15, 0.2) is 0 Å². The number of ether oxygens (including phenoxy) is 1. The lowest BCUT2D eigenvalue weighted by Crippen LogP contribution is -2.03. The minimum atomic E-state index is 0.375. The highest BCUT2D eigenvalue weighted by Crippen LogP contribution is 2.01. The molecule has 0 radical (unpaired) electrons. The molecule has 0 heterocycles. The van der Waals surface area contributed by atoms with Crippen molar-refractivity contribution >= 4 is 5.78 Å². The van der Waals surface area contributed by atoms with Crippen LogP contribution in [0.2, 0.25) is 0 Å². The third-order valence-corrected chi connectivity index (χ3v) is 2.11. The van der Waals surface area contributed by atoms with Crippen molar-refractivity contribution in [2.75, 3.05) is 13.2 Å². The third-order valence-electron chi connectivity index (χ3n) is 2.11. The first kappa shape index (κ1) is 13.6. The van der Waals surface area contributed by atoms with Crippen LogP contribution in [0.3, 0.4) is 0 Å². The van der Waals surface area contributed by atoms with Crippen LogP contribution in [0, 0.1) is 5.92 Å². The molecule has 0 aromatic carbocycles. The maximum absolute atomic E-state index is 11.1. The Hall–Kier alpha value is -0.370. The molecule has 0 unspecified atom stereocenters. The second-order valence-corrected chi connectivity index (χ2v) is 4.19. The molecule has 0 spiro atoms. The van der Waals surface area contributed by atoms with Crippen molar-refractivity contribution in [3.05, 3.63) is 0 Å². The summed E-state index contributed by atoms with van der Waals surface area (Å²) < 4.78 is 5.42. The highest BCUT2D eigenvalue weighted by Gasteiger charge is 1.99. The number of carbonyl (C=O) groups excluding carboxylic acids is 1. The lowest BCUT2D eigenvalue weighted by Gasteiger charge is -2.05. The van der Waals surface area contributed by atoms with Gasteiger partial charge in [-0.25, -0.2) is 0 Å². The van der Waals surface area contributed by atoms with Gasteiger partial charge in [-0.1, -0.05) is 20.8 Å². The maximum Gasteiger partial charge on any atom is 0.132 e. The fourth-order valence-corrected chi connectivity index (χ4v) is 1.20. The van der Waals surface area contributed by atoms with E-state index in [1.54, 1.807) is 0 Å². The molecule has 0 N–H and O–H groups in total. The summed E-state index contributed by atoms with van der Waals surface area (Å²) in [5.74, 6) is 1.08. The Kier molecular flexibility index (Phi) is 8.95. The predicted molar refractivity (Wildman–Crippen MR) is 59.4 cm³/mol. The van der Waals surface area contributed by atoms with E-state index in [0.717, 1.165) is 38.9 Å². The van der Waals surface area contributed by atoms with Crippen LogP contribution >= 0.6 is 0 Å². The zero-order valence-electron chi connectivity index (χ0n) is 9.84. The lowest BCUT2D eigenvalue weighted by atomic mass is 10.1. The van der Waals surface area contributed by atoms with Gasteiger partial charge in [0.15, 0.2) is 0 Å². The second kappa shape index (κ2) is 9.20. The molecule has 0 aromatic heterocycles. The Bertz CT molecular complexity index is 141. The zero-order chi connectivity index (χ0) is 10.8. The van der Waals surface area contributed by atoms with Crippen molar-refractivity contribution in [1.82, 2.24) is 0 Å². The molecular weight excluding hydrogens is 176 g/mol. The summed E-state index contributed by atoms with van der Waals surface area (Å²) in [6.45, 7) is 7.99. The summed E-state index contributed by atoms with van der Waals surface area (Å²) in [7, 11) is 0. The number of hydrogen-bond acceptors (Lipinski definition) is 2. The van der Waals surface area contributed by atoms with E-state index in [4.69, 9.17) is 4.74 Å². The number of rotatable bonds is 9. The second-order valence-electron chi connectivity index (χ2n) is 4.19. The van der Waals surface area contributed by atoms with Gasteiger partial charge in [0.1, 0.15) is 5.78 Å². The first-order valence-corrected chi connectivity index (χ1v) is 5.76. The van der Waals surface area contributed by atoms with E-state index in [0.29, 0.717) is 18.1 Å². The molecule has 0 aliphatic rings. The fraction of sp³-hybridized carbons (Fsp3) is 0.917. The van der Waals surface area contributed by atoms with E-state index in [1.807, 2.05) is 6.92 Å². The van der Waals surface area contributed by atoms with Crippen LogP contribution in [0.1, 0.15) is 52.9 Å². The summed E-state index contributed by atoms with van der Waals surface area (Å²) in [6, 6.07) is 0. The number of ketones is 1. The lowest BCUT2D eigenvalue weighted by molar-refractivity contribution is -0.119. The molecule has 14 heavy (non-hydrogen) atoms. The molecule has 0 saturated heterocycles. The Morgan fingerprint density at radius 1 is 1.21 bits per heavy atom. The zero-order valence-corrected chi connectivity index (χ0v) is 9.84. The minimum Gasteiger partial charge on any atom is -0.381 e. The van der Waals surface area contributed by atoms with Crippen molar-refractivity contribution in [3.63, 3.8) is 0 Å². The van der Waals surface area contributed by atoms with Gasteiger partial charge in [0.2, 0.25) is 0 Å². The fourth-order valence-electron chi connectivity index (χ4n) is 1.20. The van der Waals surface area contributed by atoms with Crippen LogP contribution in [-0.2, 0) is 9.53 Å². The van der Waals surface area contributed by atoms with Crippen LogP contribution in [0.4, 0.5) is 0 Å². The quantitative estimate of drug-likeness (QED) is 0.534. The summed E-state index contributed by atoms with van der Waals surface area (Å²) >= 11 is 0. The van der Waals surface area contributed by atoms with Crippen LogP contribution in [0.25, 0.3) is 0 Å². The smallest absolute Gasteiger partial charge is 0.132 e. The van der Waals surface area contributed by atoms with Gasteiger partial charge in [0.05, 0.1) is 0 Å². The van der Waals surface area contributed by atoms with Gasteiger partial charge in [-0.3, -0.25) is 4.79 Å². The highest BCUT2D eigenvalue weighted by atomic mass is 16.5. The van der Waals surface area contributed by atoms with Crippen LogP contribution < -0.4 is 0 Å². The van der Waals surface area contributed by atoms with Crippen LogP contribution in [-0.4, -0.2) is 19.0 Å². The Morgan fingerprint density at radius 3 is 2.50 bits per heavy atom. The molecule has 84 valence electrons. The topological polar surface area (TPSA) is 26.3 Å².